The lowest BCUT2D eigenvalue weighted by molar-refractivity contribution is -0.133. The van der Waals surface area contributed by atoms with Gasteiger partial charge in [-0.15, -0.1) is 0 Å². The fraction of sp³-hybridized carbons (Fsp3) is 0.636. The van der Waals surface area contributed by atoms with Crippen LogP contribution in [0.3, 0.4) is 0 Å². The van der Waals surface area contributed by atoms with E-state index in [4.69, 9.17) is 4.98 Å². The van der Waals surface area contributed by atoms with E-state index >= 15 is 0 Å². The van der Waals surface area contributed by atoms with Crippen LogP contribution in [0.4, 0.5) is 21.6 Å². The molecule has 2 amide bonds. The lowest BCUT2D eigenvalue weighted by Gasteiger charge is -2.41. The number of fused-ring (bicyclic) bond motifs is 3. The summed E-state index contributed by atoms with van der Waals surface area (Å²) >= 11 is 0. The maximum atomic E-state index is 14.5. The minimum Gasteiger partial charge on any atom is -0.348 e. The Morgan fingerprint density at radius 3 is 2.67 bits per heavy atom. The molecule has 0 spiro atoms. The number of rotatable bonds is 8. The lowest BCUT2D eigenvalue weighted by Crippen LogP contribution is -2.52. The lowest BCUT2D eigenvalue weighted by atomic mass is 9.90. The SMILES string of the molecule is CCN(C(=O)c1cc(F)ccc1N1CCN([C@H]2CCN(C(=O)[C@H]3N[C@H]4C[C@@H]3C[C@H]4CC3CC3)C2)c2ncncc21)C(C)C. The highest BCUT2D eigenvalue weighted by molar-refractivity contribution is 6.01. The highest BCUT2D eigenvalue weighted by Gasteiger charge is 2.50. The summed E-state index contributed by atoms with van der Waals surface area (Å²) in [6.07, 6.45) is 10.7. The van der Waals surface area contributed by atoms with Gasteiger partial charge < -0.3 is 24.9 Å². The second kappa shape index (κ2) is 11.3. The Balaban J connectivity index is 1.07. The summed E-state index contributed by atoms with van der Waals surface area (Å²) in [6, 6.07) is 5.08. The summed E-state index contributed by atoms with van der Waals surface area (Å²) in [7, 11) is 0. The van der Waals surface area contributed by atoms with Crippen molar-refractivity contribution in [1.29, 1.82) is 0 Å². The van der Waals surface area contributed by atoms with Crippen molar-refractivity contribution in [2.45, 2.75) is 83.5 Å². The third kappa shape index (κ3) is 5.25. The summed E-state index contributed by atoms with van der Waals surface area (Å²) in [6.45, 7) is 9.13. The number of carbonyl (C=O) groups is 2. The second-order valence-electron chi connectivity index (χ2n) is 13.6. The fourth-order valence-corrected chi connectivity index (χ4v) is 8.30. The summed E-state index contributed by atoms with van der Waals surface area (Å²) in [4.78, 5) is 44.5. The molecule has 0 unspecified atom stereocenters. The number of halogens is 1. The Bertz CT molecular complexity index is 1380. The van der Waals surface area contributed by atoms with Crippen molar-refractivity contribution < 1.29 is 14.0 Å². The summed E-state index contributed by atoms with van der Waals surface area (Å²) < 4.78 is 14.5. The third-order valence-corrected chi connectivity index (χ3v) is 10.6. The monoisotopic (exact) mass is 589 g/mol. The smallest absolute Gasteiger partial charge is 0.256 e. The summed E-state index contributed by atoms with van der Waals surface area (Å²) in [5, 5.41) is 3.73. The molecule has 2 saturated heterocycles. The van der Waals surface area contributed by atoms with Crippen LogP contribution in [0, 0.1) is 23.6 Å². The number of nitrogens with one attached hydrogen (secondary N) is 1. The van der Waals surface area contributed by atoms with Crippen molar-refractivity contribution in [2.24, 2.45) is 17.8 Å². The van der Waals surface area contributed by atoms with E-state index in [1.54, 1.807) is 23.5 Å². The van der Waals surface area contributed by atoms with E-state index in [0.29, 0.717) is 49.4 Å². The number of hydrogen-bond donors (Lipinski definition) is 1. The number of hydrogen-bond acceptors (Lipinski definition) is 7. The van der Waals surface area contributed by atoms with Gasteiger partial charge in [-0.1, -0.05) is 12.8 Å². The molecule has 2 aromatic rings. The maximum absolute atomic E-state index is 14.5. The largest absolute Gasteiger partial charge is 0.348 e. The van der Waals surface area contributed by atoms with E-state index in [2.05, 4.69) is 20.1 Å². The van der Waals surface area contributed by atoms with Gasteiger partial charge in [-0.2, -0.15) is 0 Å². The molecule has 2 aliphatic carbocycles. The Labute approximate surface area is 253 Å². The minimum absolute atomic E-state index is 0.00659. The molecule has 5 aliphatic rings. The van der Waals surface area contributed by atoms with E-state index in [1.807, 2.05) is 25.7 Å². The average Bonchev–Trinajstić information content (AvgIpc) is 3.36. The third-order valence-electron chi connectivity index (χ3n) is 10.6. The predicted molar refractivity (Wildman–Crippen MR) is 164 cm³/mol. The van der Waals surface area contributed by atoms with Crippen LogP contribution in [-0.2, 0) is 4.79 Å². The highest BCUT2D eigenvalue weighted by atomic mass is 19.1. The van der Waals surface area contributed by atoms with Crippen LogP contribution in [-0.4, -0.2) is 88.5 Å². The molecule has 2 saturated carbocycles. The molecule has 5 atom stereocenters. The first-order valence-corrected chi connectivity index (χ1v) is 16.3. The molecule has 0 radical (unpaired) electrons. The zero-order chi connectivity index (χ0) is 29.8. The van der Waals surface area contributed by atoms with Crippen LogP contribution in [0.15, 0.2) is 30.7 Å². The molecular weight excluding hydrogens is 545 g/mol. The van der Waals surface area contributed by atoms with Crippen molar-refractivity contribution in [3.8, 4) is 0 Å². The van der Waals surface area contributed by atoms with E-state index in [0.717, 1.165) is 42.7 Å². The van der Waals surface area contributed by atoms with Crippen LogP contribution in [0.2, 0.25) is 0 Å². The topological polar surface area (TPSA) is 84.9 Å². The van der Waals surface area contributed by atoms with Gasteiger partial charge >= 0.3 is 0 Å². The first-order chi connectivity index (χ1) is 20.8. The van der Waals surface area contributed by atoms with Gasteiger partial charge in [0, 0.05) is 50.8 Å². The predicted octanol–water partition coefficient (Wildman–Crippen LogP) is 4.21. The molecular formula is C33H44FN7O2. The number of piperidine rings is 1. The van der Waals surface area contributed by atoms with Gasteiger partial charge in [-0.05, 0) is 82.4 Å². The van der Waals surface area contributed by atoms with Gasteiger partial charge in [0.1, 0.15) is 17.8 Å². The normalized spacial score (nSPS) is 28.1. The van der Waals surface area contributed by atoms with Crippen molar-refractivity contribution in [2.75, 3.05) is 42.5 Å². The van der Waals surface area contributed by atoms with Crippen LogP contribution < -0.4 is 15.1 Å². The van der Waals surface area contributed by atoms with E-state index in [1.165, 1.54) is 37.8 Å². The Hall–Kier alpha value is -3.27. The second-order valence-corrected chi connectivity index (χ2v) is 13.6. The number of aromatic nitrogens is 2. The minimum atomic E-state index is -0.436. The number of anilines is 3. The van der Waals surface area contributed by atoms with Gasteiger partial charge in [0.2, 0.25) is 5.91 Å². The van der Waals surface area contributed by atoms with Crippen LogP contribution in [0.25, 0.3) is 0 Å². The average molecular weight is 590 g/mol. The number of amides is 2. The van der Waals surface area contributed by atoms with Gasteiger partial charge in [0.05, 0.1) is 23.5 Å². The number of benzene rings is 1. The molecule has 1 aromatic carbocycles. The van der Waals surface area contributed by atoms with Crippen LogP contribution in [0.1, 0.15) is 69.7 Å². The molecule has 10 heteroatoms. The molecule has 2 bridgehead atoms. The quantitative estimate of drug-likeness (QED) is 0.494. The van der Waals surface area contributed by atoms with Gasteiger partial charge in [-0.3, -0.25) is 9.59 Å². The molecule has 7 rings (SSSR count). The molecule has 43 heavy (non-hydrogen) atoms. The maximum Gasteiger partial charge on any atom is 0.256 e. The molecule has 9 nitrogen and oxygen atoms in total. The van der Waals surface area contributed by atoms with Crippen LogP contribution in [0.5, 0.6) is 0 Å². The van der Waals surface area contributed by atoms with Crippen molar-refractivity contribution in [3.05, 3.63) is 42.1 Å². The van der Waals surface area contributed by atoms with E-state index in [-0.39, 0.29) is 29.9 Å². The van der Waals surface area contributed by atoms with E-state index in [9.17, 15) is 14.0 Å². The van der Waals surface area contributed by atoms with Gasteiger partial charge in [-0.25, -0.2) is 14.4 Å². The van der Waals surface area contributed by atoms with Crippen molar-refractivity contribution in [3.63, 3.8) is 0 Å². The first kappa shape index (κ1) is 28.5. The Morgan fingerprint density at radius 1 is 1.12 bits per heavy atom. The van der Waals surface area contributed by atoms with Crippen LogP contribution >= 0.6 is 0 Å². The molecule has 1 N–H and O–H groups in total. The number of likely N-dealkylation sites (tertiary alicyclic amines) is 1. The Kier molecular flexibility index (Phi) is 7.51. The van der Waals surface area contributed by atoms with Gasteiger partial charge in [0.25, 0.3) is 5.91 Å². The zero-order valence-corrected chi connectivity index (χ0v) is 25.6. The highest BCUT2D eigenvalue weighted by Crippen LogP contribution is 2.47. The standard InChI is InChI=1S/C33H44FN7O2/c1-4-39(20(2)3)32(42)26-16-24(34)7-8-28(26)41-12-11-40(31-29(41)17-35-19-36-31)25-9-10-38(18-25)33(43)30-23-14-22(13-21-5-6-21)27(15-23)37-30/h7-8,16-17,19-23,25,27,30,37H,4-6,9-15,18H2,1-3H3/t22-,23+,25+,27+,30+/m1/s1. The number of nitrogens with zero attached hydrogens (tertiary/aromatic N) is 6. The first-order valence-electron chi connectivity index (χ1n) is 16.3. The molecule has 3 aliphatic heterocycles. The molecule has 4 fully saturated rings. The molecule has 1 aromatic heterocycles. The summed E-state index contributed by atoms with van der Waals surface area (Å²) in [5.41, 5.74) is 1.80. The summed E-state index contributed by atoms with van der Waals surface area (Å²) in [5.74, 6) is 2.60. The molecule has 230 valence electrons. The van der Waals surface area contributed by atoms with Crippen molar-refractivity contribution in [1.82, 2.24) is 25.1 Å². The zero-order valence-electron chi connectivity index (χ0n) is 25.6. The Morgan fingerprint density at radius 2 is 1.95 bits per heavy atom. The van der Waals surface area contributed by atoms with Crippen molar-refractivity contribution >= 4 is 29.0 Å². The van der Waals surface area contributed by atoms with E-state index < -0.39 is 5.82 Å². The fourth-order valence-electron chi connectivity index (χ4n) is 8.30. The van der Waals surface area contributed by atoms with Gasteiger partial charge in [0.15, 0.2) is 5.82 Å². The number of carbonyl (C=O) groups excluding carboxylic acids is 2. The molecule has 4 heterocycles.